The summed E-state index contributed by atoms with van der Waals surface area (Å²) < 4.78 is 3.23. The molecule has 0 aliphatic heterocycles. The number of imidazole rings is 1. The summed E-state index contributed by atoms with van der Waals surface area (Å²) in [5, 5.41) is 3.44. The van der Waals surface area contributed by atoms with E-state index in [1.807, 2.05) is 12.4 Å². The number of halogens is 1. The third kappa shape index (κ3) is 2.93. The predicted octanol–water partition coefficient (Wildman–Crippen LogP) is 4.40. The van der Waals surface area contributed by atoms with E-state index in [4.69, 9.17) is 0 Å². The van der Waals surface area contributed by atoms with E-state index in [2.05, 4.69) is 75.8 Å². The molecule has 0 aliphatic carbocycles. The highest BCUT2D eigenvalue weighted by Crippen LogP contribution is 2.21. The van der Waals surface area contributed by atoms with Gasteiger partial charge in [-0.25, -0.2) is 4.98 Å². The molecule has 0 amide bonds. The van der Waals surface area contributed by atoms with E-state index in [9.17, 15) is 0 Å². The number of hydrogen-bond donors (Lipinski definition) is 1. The molecule has 1 aromatic carbocycles. The second-order valence-corrected chi connectivity index (χ2v) is 5.59. The van der Waals surface area contributed by atoms with Crippen molar-refractivity contribution in [2.75, 3.05) is 5.32 Å². The molecule has 1 heterocycles. The van der Waals surface area contributed by atoms with E-state index in [0.717, 1.165) is 10.4 Å². The zero-order valence-corrected chi connectivity index (χ0v) is 12.5. The number of rotatable bonds is 4. The van der Waals surface area contributed by atoms with Gasteiger partial charge >= 0.3 is 0 Å². The molecule has 96 valence electrons. The van der Waals surface area contributed by atoms with E-state index in [1.165, 1.54) is 5.56 Å². The average molecular weight is 308 g/mol. The van der Waals surface area contributed by atoms with Crippen LogP contribution in [0.15, 0.2) is 41.1 Å². The molecule has 1 unspecified atom stereocenters. The largest absolute Gasteiger partial charge is 0.349 e. The van der Waals surface area contributed by atoms with Gasteiger partial charge < -0.3 is 9.88 Å². The van der Waals surface area contributed by atoms with Crippen LogP contribution in [0.2, 0.25) is 0 Å². The number of hydrogen-bond acceptors (Lipinski definition) is 2. The van der Waals surface area contributed by atoms with E-state index in [0.29, 0.717) is 6.04 Å². The molecular weight excluding hydrogens is 290 g/mol. The maximum atomic E-state index is 4.36. The molecule has 1 aromatic heterocycles. The molecule has 0 saturated heterocycles. The maximum Gasteiger partial charge on any atom is 0.203 e. The Kier molecular flexibility index (Phi) is 4.07. The zero-order chi connectivity index (χ0) is 13.1. The summed E-state index contributed by atoms with van der Waals surface area (Å²) in [6.07, 6.45) is 3.83. The van der Waals surface area contributed by atoms with Gasteiger partial charge in [-0.2, -0.15) is 0 Å². The van der Waals surface area contributed by atoms with Gasteiger partial charge in [0.2, 0.25) is 5.95 Å². The van der Waals surface area contributed by atoms with Gasteiger partial charge in [0, 0.05) is 22.9 Å². The molecular formula is C14H18BrN3. The fourth-order valence-corrected chi connectivity index (χ4v) is 2.13. The summed E-state index contributed by atoms with van der Waals surface area (Å²) in [4.78, 5) is 4.36. The van der Waals surface area contributed by atoms with Gasteiger partial charge in [-0.1, -0.05) is 28.1 Å². The maximum absolute atomic E-state index is 4.36. The fraction of sp³-hybridized carbons (Fsp3) is 0.357. The van der Waals surface area contributed by atoms with Crippen molar-refractivity contribution in [3.63, 3.8) is 0 Å². The Hall–Kier alpha value is -1.29. The van der Waals surface area contributed by atoms with Crippen LogP contribution in [0.1, 0.15) is 38.4 Å². The van der Waals surface area contributed by atoms with Crippen LogP contribution in [0.3, 0.4) is 0 Å². The second kappa shape index (κ2) is 5.57. The first-order chi connectivity index (χ1) is 8.58. The third-order valence-electron chi connectivity index (χ3n) is 2.94. The van der Waals surface area contributed by atoms with Gasteiger partial charge in [-0.05, 0) is 38.5 Å². The quantitative estimate of drug-likeness (QED) is 0.907. The van der Waals surface area contributed by atoms with Crippen LogP contribution in [-0.4, -0.2) is 9.55 Å². The molecule has 2 rings (SSSR count). The summed E-state index contributed by atoms with van der Waals surface area (Å²) in [6.45, 7) is 6.44. The van der Waals surface area contributed by atoms with Crippen LogP contribution < -0.4 is 5.32 Å². The van der Waals surface area contributed by atoms with Crippen molar-refractivity contribution < 1.29 is 0 Å². The molecule has 0 spiro atoms. The molecule has 3 nitrogen and oxygen atoms in total. The topological polar surface area (TPSA) is 29.9 Å². The molecule has 0 bridgehead atoms. The Balaban J connectivity index is 2.13. The van der Waals surface area contributed by atoms with Crippen molar-refractivity contribution in [2.24, 2.45) is 0 Å². The second-order valence-electron chi connectivity index (χ2n) is 4.67. The van der Waals surface area contributed by atoms with Gasteiger partial charge in [0.1, 0.15) is 0 Å². The first-order valence-electron chi connectivity index (χ1n) is 6.12. The minimum absolute atomic E-state index is 0.234. The highest BCUT2D eigenvalue weighted by molar-refractivity contribution is 9.10. The molecule has 18 heavy (non-hydrogen) atoms. The van der Waals surface area contributed by atoms with Crippen molar-refractivity contribution in [3.8, 4) is 0 Å². The number of anilines is 1. The minimum atomic E-state index is 0.234. The van der Waals surface area contributed by atoms with Crippen LogP contribution in [0, 0.1) is 0 Å². The Morgan fingerprint density at radius 1 is 1.17 bits per heavy atom. The molecule has 4 heteroatoms. The van der Waals surface area contributed by atoms with Crippen LogP contribution >= 0.6 is 15.9 Å². The van der Waals surface area contributed by atoms with E-state index < -0.39 is 0 Å². The Bertz CT molecular complexity index is 502. The van der Waals surface area contributed by atoms with Gasteiger partial charge in [-0.3, -0.25) is 0 Å². The van der Waals surface area contributed by atoms with Crippen molar-refractivity contribution in [3.05, 3.63) is 46.7 Å². The molecule has 0 radical (unpaired) electrons. The van der Waals surface area contributed by atoms with Crippen molar-refractivity contribution in [1.82, 2.24) is 9.55 Å². The SMILES string of the molecule is CC(Nc1nccn1C(C)C)c1ccc(Br)cc1. The highest BCUT2D eigenvalue weighted by Gasteiger charge is 2.10. The fourth-order valence-electron chi connectivity index (χ4n) is 1.87. The Labute approximate surface area is 116 Å². The third-order valence-corrected chi connectivity index (χ3v) is 3.47. The number of aromatic nitrogens is 2. The summed E-state index contributed by atoms with van der Waals surface area (Å²) in [7, 11) is 0. The first kappa shape index (κ1) is 13.1. The van der Waals surface area contributed by atoms with Crippen LogP contribution in [0.4, 0.5) is 5.95 Å². The lowest BCUT2D eigenvalue weighted by molar-refractivity contribution is 0.600. The van der Waals surface area contributed by atoms with Crippen molar-refractivity contribution in [1.29, 1.82) is 0 Å². The molecule has 0 aliphatic rings. The lowest BCUT2D eigenvalue weighted by atomic mass is 10.1. The minimum Gasteiger partial charge on any atom is -0.349 e. The van der Waals surface area contributed by atoms with Crippen LogP contribution in [-0.2, 0) is 0 Å². The molecule has 1 atom stereocenters. The van der Waals surface area contributed by atoms with Crippen LogP contribution in [0.25, 0.3) is 0 Å². The van der Waals surface area contributed by atoms with Crippen LogP contribution in [0.5, 0.6) is 0 Å². The van der Waals surface area contributed by atoms with Gasteiger partial charge in [-0.15, -0.1) is 0 Å². The molecule has 0 fully saturated rings. The standard InChI is InChI=1S/C14H18BrN3/c1-10(2)18-9-8-16-14(18)17-11(3)12-4-6-13(15)7-5-12/h4-11H,1-3H3,(H,16,17). The summed E-state index contributed by atoms with van der Waals surface area (Å²) in [5.41, 5.74) is 1.25. The first-order valence-corrected chi connectivity index (χ1v) is 6.92. The summed E-state index contributed by atoms with van der Waals surface area (Å²) in [6, 6.07) is 8.99. The van der Waals surface area contributed by atoms with Gasteiger partial charge in [0.25, 0.3) is 0 Å². The zero-order valence-electron chi connectivity index (χ0n) is 10.9. The highest BCUT2D eigenvalue weighted by atomic mass is 79.9. The number of nitrogens with zero attached hydrogens (tertiary/aromatic N) is 2. The smallest absolute Gasteiger partial charge is 0.203 e. The van der Waals surface area contributed by atoms with Gasteiger partial charge in [0.15, 0.2) is 0 Å². The normalized spacial score (nSPS) is 12.7. The Morgan fingerprint density at radius 2 is 1.83 bits per heavy atom. The van der Waals surface area contributed by atoms with E-state index in [-0.39, 0.29) is 6.04 Å². The lowest BCUT2D eigenvalue weighted by Crippen LogP contribution is -2.12. The van der Waals surface area contributed by atoms with E-state index in [1.54, 1.807) is 0 Å². The predicted molar refractivity (Wildman–Crippen MR) is 78.8 cm³/mol. The van der Waals surface area contributed by atoms with Crippen molar-refractivity contribution >= 4 is 21.9 Å². The Morgan fingerprint density at radius 3 is 2.44 bits per heavy atom. The average Bonchev–Trinajstić information content (AvgIpc) is 2.78. The molecule has 2 aromatic rings. The number of benzene rings is 1. The monoisotopic (exact) mass is 307 g/mol. The van der Waals surface area contributed by atoms with Gasteiger partial charge in [0.05, 0.1) is 6.04 Å². The lowest BCUT2D eigenvalue weighted by Gasteiger charge is -2.18. The molecule has 0 saturated carbocycles. The van der Waals surface area contributed by atoms with E-state index >= 15 is 0 Å². The number of nitrogens with one attached hydrogen (secondary N) is 1. The summed E-state index contributed by atoms with van der Waals surface area (Å²) in [5.74, 6) is 0.917. The molecule has 1 N–H and O–H groups in total. The summed E-state index contributed by atoms with van der Waals surface area (Å²) >= 11 is 3.45. The van der Waals surface area contributed by atoms with Crippen molar-refractivity contribution in [2.45, 2.75) is 32.9 Å².